The first-order valence-electron chi connectivity index (χ1n) is 25.9. The number of anilines is 3. The summed E-state index contributed by atoms with van der Waals surface area (Å²) >= 11 is 1.87. The summed E-state index contributed by atoms with van der Waals surface area (Å²) in [5.41, 5.74) is 20.5. The Hall–Kier alpha value is -8.30. The summed E-state index contributed by atoms with van der Waals surface area (Å²) in [5.74, 6) is 0. The van der Waals surface area contributed by atoms with E-state index < -0.39 is 0 Å². The Morgan fingerprint density at radius 3 is 1.43 bits per heavy atom. The van der Waals surface area contributed by atoms with Crippen LogP contribution < -0.4 is 4.90 Å². The van der Waals surface area contributed by atoms with Crippen molar-refractivity contribution in [1.82, 2.24) is 0 Å². The van der Waals surface area contributed by atoms with E-state index in [2.05, 4.69) is 295 Å². The zero-order valence-electron chi connectivity index (χ0n) is 43.0. The van der Waals surface area contributed by atoms with Gasteiger partial charge in [-0.25, -0.2) is 0 Å². The van der Waals surface area contributed by atoms with Gasteiger partial charge in [-0.1, -0.05) is 242 Å². The van der Waals surface area contributed by atoms with E-state index in [9.17, 15) is 0 Å². The fourth-order valence-corrected chi connectivity index (χ4v) is 12.0. The van der Waals surface area contributed by atoms with Crippen molar-refractivity contribution in [2.75, 3.05) is 4.90 Å². The molecule has 1 aromatic heterocycles. The molecule has 1 heterocycles. The lowest BCUT2D eigenvalue weighted by molar-refractivity contribution is 0.569. The van der Waals surface area contributed by atoms with Crippen LogP contribution in [0, 0.1) is 0 Å². The van der Waals surface area contributed by atoms with Gasteiger partial charge in [0.05, 0.1) is 5.69 Å². The highest BCUT2D eigenvalue weighted by Gasteiger charge is 2.24. The molecule has 0 fully saturated rings. The molecule has 12 rings (SSSR count). The summed E-state index contributed by atoms with van der Waals surface area (Å²) in [6, 6.07) is 92.2. The zero-order valence-corrected chi connectivity index (χ0v) is 43.8. The molecular weight excluding hydrogens is 911 g/mol. The second-order valence-corrected chi connectivity index (χ2v) is 22.8. The van der Waals surface area contributed by atoms with E-state index in [-0.39, 0.29) is 10.8 Å². The number of nitrogens with zero attached hydrogens (tertiary/aromatic N) is 1. The maximum atomic E-state index is 2.46. The molecule has 0 aliphatic carbocycles. The standard InChI is InChI=1S/C72H59NS/c1-71(2,3)55-44-54(45-56(47-55)72(4,5)6)61-28-17-24-52-25-18-30-63(69(52)61)62-26-13-15-31-66(62)73(58-41-36-51(37-42-58)60-29-19-33-68-70(60)64-27-14-16-32-67(64)74-68)57-39-34-48(35-40-57)53-38-43-59(49-20-9-7-10-21-49)65(46-53)50-22-11-8-12-23-50/h7-47H,1-6H3. The smallest absolute Gasteiger partial charge is 0.0540 e. The topological polar surface area (TPSA) is 3.24 Å². The number of para-hydroxylation sites is 1. The van der Waals surface area contributed by atoms with E-state index in [4.69, 9.17) is 0 Å². The van der Waals surface area contributed by atoms with Crippen molar-refractivity contribution in [1.29, 1.82) is 0 Å². The van der Waals surface area contributed by atoms with Gasteiger partial charge in [0.1, 0.15) is 0 Å². The Balaban J connectivity index is 1.02. The maximum absolute atomic E-state index is 2.46. The Labute approximate surface area is 440 Å². The van der Waals surface area contributed by atoms with Crippen LogP contribution >= 0.6 is 11.3 Å². The molecule has 0 spiro atoms. The molecule has 0 aliphatic heterocycles. The van der Waals surface area contributed by atoms with Crippen LogP contribution in [0.5, 0.6) is 0 Å². The Morgan fingerprint density at radius 2 is 0.784 bits per heavy atom. The van der Waals surface area contributed by atoms with E-state index in [1.165, 1.54) is 103 Å². The Kier molecular flexibility index (Phi) is 12.0. The molecule has 2 heteroatoms. The van der Waals surface area contributed by atoms with E-state index >= 15 is 0 Å². The molecule has 0 unspecified atom stereocenters. The van der Waals surface area contributed by atoms with E-state index in [0.717, 1.165) is 22.6 Å². The molecule has 358 valence electrons. The maximum Gasteiger partial charge on any atom is 0.0540 e. The van der Waals surface area contributed by atoms with Crippen molar-refractivity contribution in [2.24, 2.45) is 0 Å². The van der Waals surface area contributed by atoms with Gasteiger partial charge < -0.3 is 4.90 Å². The van der Waals surface area contributed by atoms with E-state index in [1.54, 1.807) is 0 Å². The quantitative estimate of drug-likeness (QED) is 0.139. The van der Waals surface area contributed by atoms with Crippen LogP contribution in [-0.2, 0) is 10.8 Å². The first kappa shape index (κ1) is 46.8. The minimum atomic E-state index is -0.0125. The predicted molar refractivity (Wildman–Crippen MR) is 322 cm³/mol. The fraction of sp³-hybridized carbons (Fsp3) is 0.111. The molecule has 12 aromatic rings. The number of rotatable bonds is 9. The monoisotopic (exact) mass is 969 g/mol. The number of fused-ring (bicyclic) bond motifs is 4. The Bertz CT molecular complexity index is 3960. The zero-order chi connectivity index (χ0) is 50.6. The first-order valence-corrected chi connectivity index (χ1v) is 26.7. The van der Waals surface area contributed by atoms with Gasteiger partial charge in [-0.15, -0.1) is 11.3 Å². The van der Waals surface area contributed by atoms with Gasteiger partial charge in [0, 0.05) is 37.1 Å². The second-order valence-electron chi connectivity index (χ2n) is 21.7. The molecule has 0 aliphatic rings. The number of hydrogen-bond donors (Lipinski definition) is 0. The van der Waals surface area contributed by atoms with Gasteiger partial charge in [0.2, 0.25) is 0 Å². The highest BCUT2D eigenvalue weighted by atomic mass is 32.1. The van der Waals surface area contributed by atoms with Gasteiger partial charge in [-0.05, 0) is 142 Å². The van der Waals surface area contributed by atoms with Gasteiger partial charge in [0.25, 0.3) is 0 Å². The minimum absolute atomic E-state index is 0.0125. The molecule has 0 radical (unpaired) electrons. The summed E-state index contributed by atoms with van der Waals surface area (Å²) in [6.07, 6.45) is 0. The molecule has 0 atom stereocenters. The molecule has 0 saturated carbocycles. The van der Waals surface area contributed by atoms with E-state index in [0.29, 0.717) is 0 Å². The van der Waals surface area contributed by atoms with Crippen LogP contribution in [0.2, 0.25) is 0 Å². The second kappa shape index (κ2) is 19.0. The SMILES string of the molecule is CC(C)(C)c1cc(-c2cccc3cccc(-c4ccccc4N(c4ccc(-c5ccc(-c6ccccc6)c(-c6ccccc6)c5)cc4)c4ccc(-c5cccc6sc7ccccc7c56)cc4)c23)cc(C(C)(C)C)c1. The summed E-state index contributed by atoms with van der Waals surface area (Å²) in [5, 5.41) is 5.10. The van der Waals surface area contributed by atoms with Crippen LogP contribution in [-0.4, -0.2) is 0 Å². The molecule has 0 amide bonds. The van der Waals surface area contributed by atoms with Gasteiger partial charge in [0.15, 0.2) is 0 Å². The fourth-order valence-electron chi connectivity index (χ4n) is 10.8. The molecule has 11 aromatic carbocycles. The highest BCUT2D eigenvalue weighted by molar-refractivity contribution is 7.25. The normalized spacial score (nSPS) is 11.9. The molecular formula is C72H59NS. The third-order valence-corrected chi connectivity index (χ3v) is 15.9. The molecule has 0 bridgehead atoms. The van der Waals surface area contributed by atoms with Gasteiger partial charge in [-0.2, -0.15) is 0 Å². The van der Waals surface area contributed by atoms with Crippen LogP contribution in [0.4, 0.5) is 17.1 Å². The minimum Gasteiger partial charge on any atom is -0.310 e. The molecule has 1 nitrogen and oxygen atoms in total. The van der Waals surface area contributed by atoms with Crippen molar-refractivity contribution in [3.63, 3.8) is 0 Å². The summed E-state index contributed by atoms with van der Waals surface area (Å²) in [4.78, 5) is 2.46. The van der Waals surface area contributed by atoms with Crippen molar-refractivity contribution in [2.45, 2.75) is 52.4 Å². The first-order chi connectivity index (χ1) is 36.0. The van der Waals surface area contributed by atoms with Crippen molar-refractivity contribution < 1.29 is 0 Å². The number of benzene rings is 11. The van der Waals surface area contributed by atoms with Crippen molar-refractivity contribution in [3.8, 4) is 66.8 Å². The average Bonchev–Trinajstić information content (AvgIpc) is 3.82. The third-order valence-electron chi connectivity index (χ3n) is 14.8. The van der Waals surface area contributed by atoms with Gasteiger partial charge in [-0.3, -0.25) is 0 Å². The predicted octanol–water partition coefficient (Wildman–Crippen LogP) is 21.3. The lowest BCUT2D eigenvalue weighted by atomic mass is 9.78. The summed E-state index contributed by atoms with van der Waals surface area (Å²) in [6.45, 7) is 13.9. The Morgan fingerprint density at radius 1 is 0.297 bits per heavy atom. The van der Waals surface area contributed by atoms with E-state index in [1.807, 2.05) is 11.3 Å². The molecule has 0 saturated heterocycles. The van der Waals surface area contributed by atoms with Crippen LogP contribution in [0.1, 0.15) is 52.7 Å². The molecule has 0 N–H and O–H groups in total. The summed E-state index contributed by atoms with van der Waals surface area (Å²) < 4.78 is 2.62. The number of hydrogen-bond acceptors (Lipinski definition) is 2. The largest absolute Gasteiger partial charge is 0.310 e. The number of thiophene rings is 1. The van der Waals surface area contributed by atoms with Crippen LogP contribution in [0.25, 0.3) is 97.7 Å². The lowest BCUT2D eigenvalue weighted by Gasteiger charge is -2.29. The van der Waals surface area contributed by atoms with Crippen molar-refractivity contribution in [3.05, 3.63) is 260 Å². The highest BCUT2D eigenvalue weighted by Crippen LogP contribution is 2.47. The lowest BCUT2D eigenvalue weighted by Crippen LogP contribution is -2.16. The van der Waals surface area contributed by atoms with Crippen LogP contribution in [0.15, 0.2) is 249 Å². The molecule has 74 heavy (non-hydrogen) atoms. The average molecular weight is 970 g/mol. The van der Waals surface area contributed by atoms with Crippen molar-refractivity contribution >= 4 is 59.3 Å². The summed E-state index contributed by atoms with van der Waals surface area (Å²) in [7, 11) is 0. The third kappa shape index (κ3) is 8.80. The van der Waals surface area contributed by atoms with Crippen LogP contribution in [0.3, 0.4) is 0 Å². The van der Waals surface area contributed by atoms with Gasteiger partial charge >= 0.3 is 0 Å².